The van der Waals surface area contributed by atoms with E-state index in [1.165, 1.54) is 0 Å². The van der Waals surface area contributed by atoms with Crippen LogP contribution in [0.3, 0.4) is 0 Å². The second kappa shape index (κ2) is 6.42. The molecule has 1 aliphatic rings. The molecule has 1 aromatic rings. The van der Waals surface area contributed by atoms with Crippen molar-refractivity contribution in [1.29, 1.82) is 0 Å². The van der Waals surface area contributed by atoms with E-state index in [9.17, 15) is 4.79 Å². The van der Waals surface area contributed by atoms with Crippen LogP contribution in [0.5, 0.6) is 0 Å². The molecule has 0 aliphatic carbocycles. The number of carbonyl (C=O) groups is 1. The highest BCUT2D eigenvalue weighted by molar-refractivity contribution is 5.68. The minimum atomic E-state index is -0.449. The molecule has 1 aliphatic heterocycles. The largest absolute Gasteiger partial charge is 0.444 e. The van der Waals surface area contributed by atoms with Crippen LogP contribution in [0.1, 0.15) is 20.8 Å². The van der Waals surface area contributed by atoms with E-state index in [4.69, 9.17) is 4.74 Å². The Morgan fingerprint density at radius 1 is 1.23 bits per heavy atom. The number of hydrogen-bond acceptors (Lipinski definition) is 5. The Hall–Kier alpha value is -1.98. The maximum atomic E-state index is 12.1. The van der Waals surface area contributed by atoms with E-state index in [0.717, 1.165) is 24.6 Å². The number of hydrogen-bond donors (Lipinski definition) is 0. The molecule has 0 saturated carbocycles. The lowest BCUT2D eigenvalue weighted by Crippen LogP contribution is -2.50. The van der Waals surface area contributed by atoms with Crippen molar-refractivity contribution >= 4 is 17.6 Å². The summed E-state index contributed by atoms with van der Waals surface area (Å²) in [7, 11) is 4.03. The van der Waals surface area contributed by atoms with Gasteiger partial charge in [0.05, 0.1) is 0 Å². The van der Waals surface area contributed by atoms with Gasteiger partial charge in [0.15, 0.2) is 0 Å². The van der Waals surface area contributed by atoms with E-state index in [1.54, 1.807) is 4.90 Å². The van der Waals surface area contributed by atoms with Gasteiger partial charge in [-0.15, -0.1) is 0 Å². The van der Waals surface area contributed by atoms with Crippen molar-refractivity contribution in [2.24, 2.45) is 0 Å². The van der Waals surface area contributed by atoms with Gasteiger partial charge in [0.1, 0.15) is 11.4 Å². The Bertz CT molecular complexity index is 517. The van der Waals surface area contributed by atoms with Crippen LogP contribution in [0.15, 0.2) is 18.3 Å². The van der Waals surface area contributed by atoms with E-state index >= 15 is 0 Å². The van der Waals surface area contributed by atoms with Gasteiger partial charge in [-0.05, 0) is 26.8 Å². The number of ether oxygens (including phenoxy) is 1. The molecule has 0 bridgehead atoms. The van der Waals surface area contributed by atoms with Gasteiger partial charge in [0.2, 0.25) is 0 Å². The zero-order valence-corrected chi connectivity index (χ0v) is 14.2. The molecule has 22 heavy (non-hydrogen) atoms. The highest BCUT2D eigenvalue weighted by atomic mass is 16.6. The van der Waals surface area contributed by atoms with Crippen LogP contribution in [0.2, 0.25) is 0 Å². The molecule has 0 N–H and O–H groups in total. The number of pyridine rings is 1. The number of nitrogens with zero attached hydrogens (tertiary/aromatic N) is 4. The molecule has 1 saturated heterocycles. The highest BCUT2D eigenvalue weighted by Gasteiger charge is 2.26. The van der Waals surface area contributed by atoms with E-state index in [1.807, 2.05) is 47.1 Å². The molecule has 0 aromatic carbocycles. The zero-order valence-electron chi connectivity index (χ0n) is 14.2. The number of aromatic nitrogens is 1. The third-order valence-corrected chi connectivity index (χ3v) is 3.50. The first-order chi connectivity index (χ1) is 10.3. The third-order valence-electron chi connectivity index (χ3n) is 3.50. The second-order valence-electron chi connectivity index (χ2n) is 6.72. The molecule has 1 aromatic heterocycles. The number of rotatable bonds is 2. The summed E-state index contributed by atoms with van der Waals surface area (Å²) in [4.78, 5) is 22.5. The van der Waals surface area contributed by atoms with Gasteiger partial charge in [-0.3, -0.25) is 0 Å². The maximum Gasteiger partial charge on any atom is 0.410 e. The van der Waals surface area contributed by atoms with Crippen LogP contribution in [-0.4, -0.2) is 61.9 Å². The number of anilines is 2. The highest BCUT2D eigenvalue weighted by Crippen LogP contribution is 2.20. The van der Waals surface area contributed by atoms with Gasteiger partial charge >= 0.3 is 6.09 Å². The van der Waals surface area contributed by atoms with Crippen LogP contribution in [-0.2, 0) is 4.74 Å². The maximum absolute atomic E-state index is 12.1. The second-order valence-corrected chi connectivity index (χ2v) is 6.72. The molecule has 0 spiro atoms. The van der Waals surface area contributed by atoms with Crippen molar-refractivity contribution in [2.75, 3.05) is 50.1 Å². The zero-order chi connectivity index (χ0) is 16.3. The molecule has 122 valence electrons. The fourth-order valence-corrected chi connectivity index (χ4v) is 2.30. The molecule has 0 radical (unpaired) electrons. The first kappa shape index (κ1) is 16.4. The Kier molecular flexibility index (Phi) is 4.78. The summed E-state index contributed by atoms with van der Waals surface area (Å²) in [6, 6.07) is 4.06. The lowest BCUT2D eigenvalue weighted by molar-refractivity contribution is 0.0240. The van der Waals surface area contributed by atoms with Gasteiger partial charge in [-0.1, -0.05) is 0 Å². The van der Waals surface area contributed by atoms with E-state index in [0.29, 0.717) is 13.1 Å². The van der Waals surface area contributed by atoms with Crippen molar-refractivity contribution in [2.45, 2.75) is 26.4 Å². The monoisotopic (exact) mass is 306 g/mol. The Balaban J connectivity index is 1.95. The average Bonchev–Trinajstić information content (AvgIpc) is 2.46. The number of piperazine rings is 1. The predicted molar refractivity (Wildman–Crippen MR) is 88.6 cm³/mol. The number of amides is 1. The van der Waals surface area contributed by atoms with Gasteiger partial charge < -0.3 is 19.4 Å². The lowest BCUT2D eigenvalue weighted by Gasteiger charge is -2.36. The standard InChI is InChI=1S/C16H26N4O2/c1-16(2,3)22-15(21)20-10-8-19(9-11-20)14-12-13(18(4)5)6-7-17-14/h6-7,12H,8-11H2,1-5H3. The van der Waals surface area contributed by atoms with Gasteiger partial charge in [-0.2, -0.15) is 0 Å². The van der Waals surface area contributed by atoms with Crippen LogP contribution < -0.4 is 9.80 Å². The molecule has 1 fully saturated rings. The summed E-state index contributed by atoms with van der Waals surface area (Å²) in [5.74, 6) is 0.954. The van der Waals surface area contributed by atoms with E-state index in [-0.39, 0.29) is 6.09 Å². The molecule has 2 heterocycles. The number of carbonyl (C=O) groups excluding carboxylic acids is 1. The minimum Gasteiger partial charge on any atom is -0.444 e. The van der Waals surface area contributed by atoms with Crippen molar-refractivity contribution in [3.8, 4) is 0 Å². The van der Waals surface area contributed by atoms with Gasteiger partial charge in [0, 0.05) is 58.2 Å². The molecule has 6 heteroatoms. The summed E-state index contributed by atoms with van der Waals surface area (Å²) in [6.45, 7) is 8.51. The lowest BCUT2D eigenvalue weighted by atomic mass is 10.2. The van der Waals surface area contributed by atoms with Crippen LogP contribution in [0.4, 0.5) is 16.3 Å². The SMILES string of the molecule is CN(C)c1ccnc(N2CCN(C(=O)OC(C)(C)C)CC2)c1. The molecule has 0 unspecified atom stereocenters. The van der Waals surface area contributed by atoms with Crippen molar-refractivity contribution < 1.29 is 9.53 Å². The first-order valence-corrected chi connectivity index (χ1v) is 7.62. The third kappa shape index (κ3) is 4.26. The topological polar surface area (TPSA) is 48.9 Å². The smallest absolute Gasteiger partial charge is 0.410 e. The normalized spacial score (nSPS) is 15.7. The fourth-order valence-electron chi connectivity index (χ4n) is 2.30. The van der Waals surface area contributed by atoms with E-state index in [2.05, 4.69) is 20.9 Å². The minimum absolute atomic E-state index is 0.234. The van der Waals surface area contributed by atoms with Crippen LogP contribution in [0, 0.1) is 0 Å². The first-order valence-electron chi connectivity index (χ1n) is 7.62. The van der Waals surface area contributed by atoms with E-state index < -0.39 is 5.60 Å². The average molecular weight is 306 g/mol. The summed E-state index contributed by atoms with van der Waals surface area (Å²) in [5, 5.41) is 0. The molecular weight excluding hydrogens is 280 g/mol. The summed E-state index contributed by atoms with van der Waals surface area (Å²) >= 11 is 0. The van der Waals surface area contributed by atoms with Crippen molar-refractivity contribution in [3.63, 3.8) is 0 Å². The summed E-state index contributed by atoms with van der Waals surface area (Å²) in [5.41, 5.74) is 0.676. The Morgan fingerprint density at radius 2 is 1.86 bits per heavy atom. The quantitative estimate of drug-likeness (QED) is 0.838. The fraction of sp³-hybridized carbons (Fsp3) is 0.625. The van der Waals surface area contributed by atoms with Crippen LogP contribution >= 0.6 is 0 Å². The predicted octanol–water partition coefficient (Wildman–Crippen LogP) is 2.20. The van der Waals surface area contributed by atoms with Gasteiger partial charge in [0.25, 0.3) is 0 Å². The summed E-state index contributed by atoms with van der Waals surface area (Å²) < 4.78 is 5.41. The summed E-state index contributed by atoms with van der Waals surface area (Å²) in [6.07, 6.45) is 1.59. The van der Waals surface area contributed by atoms with Gasteiger partial charge in [-0.25, -0.2) is 9.78 Å². The Labute approximate surface area is 132 Å². The molecular formula is C16H26N4O2. The molecule has 6 nitrogen and oxygen atoms in total. The molecule has 0 atom stereocenters. The van der Waals surface area contributed by atoms with Crippen molar-refractivity contribution in [3.05, 3.63) is 18.3 Å². The Morgan fingerprint density at radius 3 is 2.41 bits per heavy atom. The van der Waals surface area contributed by atoms with Crippen molar-refractivity contribution in [1.82, 2.24) is 9.88 Å². The molecule has 1 amide bonds. The molecule has 2 rings (SSSR count). The van der Waals surface area contributed by atoms with Crippen LogP contribution in [0.25, 0.3) is 0 Å².